The van der Waals surface area contributed by atoms with Gasteiger partial charge in [-0.15, -0.1) is 0 Å². The summed E-state index contributed by atoms with van der Waals surface area (Å²) in [7, 11) is -3.35. The number of carbonyl (C=O) groups is 5. The number of carbonyl (C=O) groups excluding carboxylic acids is 5. The van der Waals surface area contributed by atoms with Crippen LogP contribution >= 0.6 is 0 Å². The maximum absolute atomic E-state index is 12.7. The second-order valence-corrected chi connectivity index (χ2v) is 32.2. The summed E-state index contributed by atoms with van der Waals surface area (Å²) in [6, 6.07) is 42.9. The summed E-state index contributed by atoms with van der Waals surface area (Å²) in [6.45, 7) is 20.4. The largest absolute Gasteiger partial charge is 0.390 e. The minimum atomic E-state index is -3.35. The number of rotatable bonds is 20. The Balaban J connectivity index is 0.000000140. The predicted octanol–water partition coefficient (Wildman–Crippen LogP) is 3.81. The number of hydrogen-bond donors (Lipinski definition) is 4. The van der Waals surface area contributed by atoms with Crippen LogP contribution in [0, 0.1) is 0 Å². The summed E-state index contributed by atoms with van der Waals surface area (Å²) in [6.07, 6.45) is 10.4. The van der Waals surface area contributed by atoms with Gasteiger partial charge in [0, 0.05) is 176 Å². The van der Waals surface area contributed by atoms with Crippen LogP contribution in [0.25, 0.3) is 0 Å². The summed E-state index contributed by atoms with van der Waals surface area (Å²) in [4.78, 5) is 82.9. The first-order chi connectivity index (χ1) is 50.7. The number of aryl methyl sites for hydroxylation is 1. The minimum Gasteiger partial charge on any atom is -0.390 e. The van der Waals surface area contributed by atoms with Gasteiger partial charge in [-0.25, -0.2) is 8.42 Å². The molecule has 0 radical (unpaired) electrons. The molecule has 0 bridgehead atoms. The third-order valence-electron chi connectivity index (χ3n) is 22.4. The molecule has 5 aromatic rings. The molecule has 14 rings (SSSR count). The van der Waals surface area contributed by atoms with E-state index in [1.165, 1.54) is 93.4 Å². The number of β-amino-alcohol motifs (C(OH)–C–C–N with tert-alkyl or cyclic N) is 4. The van der Waals surface area contributed by atoms with Crippen molar-refractivity contribution < 1.29 is 52.8 Å². The fourth-order valence-corrected chi connectivity index (χ4v) is 17.1. The lowest BCUT2D eigenvalue weighted by Gasteiger charge is -2.41. The van der Waals surface area contributed by atoms with Gasteiger partial charge in [0.15, 0.2) is 0 Å². The third kappa shape index (κ3) is 22.9. The minimum absolute atomic E-state index is 0.0736. The Morgan fingerprint density at radius 3 is 1.10 bits per heavy atom. The van der Waals surface area contributed by atoms with Crippen LogP contribution in [-0.2, 0) is 92.3 Å². The Labute approximate surface area is 622 Å². The molecule has 570 valence electrons. The number of aliphatic hydroxyl groups excluding tert-OH is 4. The van der Waals surface area contributed by atoms with Crippen LogP contribution in [0.1, 0.15) is 96.0 Å². The highest BCUT2D eigenvalue weighted by molar-refractivity contribution is 7.88. The number of nitrogens with zero attached hydrogens (tertiary/aromatic N) is 12. The summed E-state index contributed by atoms with van der Waals surface area (Å²) in [5.41, 5.74) is 13.3. The Bertz CT molecular complexity index is 3810. The summed E-state index contributed by atoms with van der Waals surface area (Å²) >= 11 is 0. The Kier molecular flexibility index (Phi) is 28.6. The van der Waals surface area contributed by atoms with Gasteiger partial charge < -0.3 is 49.8 Å². The van der Waals surface area contributed by atoms with Crippen molar-refractivity contribution in [1.29, 1.82) is 0 Å². The molecular formula is C81H114N12O11S. The van der Waals surface area contributed by atoms with E-state index in [9.17, 15) is 52.8 Å². The molecule has 105 heavy (non-hydrogen) atoms. The van der Waals surface area contributed by atoms with Gasteiger partial charge in [-0.1, -0.05) is 135 Å². The first kappa shape index (κ1) is 78.9. The van der Waals surface area contributed by atoms with Crippen molar-refractivity contribution in [3.05, 3.63) is 171 Å². The zero-order chi connectivity index (χ0) is 74.0. The molecule has 4 N–H and O–H groups in total. The number of amides is 5. The number of aliphatic hydroxyl groups is 4. The standard InChI is InChI=1S/C24H31N3O2.C22H33N3O2.C18H25N3O3.C17H25N3O4S/c1-2-19-7-9-22(10-8-19)26-13-14-27(24(29)18-26)17-23(28)16-25-12-11-20-5-3-4-6-21(20)15-25;26-21(15-23-11-10-18-6-4-5-7-19(18)14-23)16-25-13-12-24(17-22(25)27)20-8-2-1-3-9-20;1-14(22)20-8-9-21(18(24)13-20)12-17(23)11-19-7-6-15-4-2-3-5-16(15)10-19;1-25(23,24)20-9-8-19(17(22)13-20)12-16(21)11-18-7-6-14-4-2-3-5-15(14)10-18/h3-10,23,28H,2,11-18H2,1H3;4-7,20-21,26H,1-3,8-17H2;2-5,17,23H,6-13H2,1H3;2-5,16,21H,6-13H2,1H3. The van der Waals surface area contributed by atoms with Crippen molar-refractivity contribution in [1.82, 2.24) is 53.3 Å². The molecule has 4 unspecified atom stereocenters. The molecule has 23 nitrogen and oxygen atoms in total. The molecule has 1 saturated carbocycles. The van der Waals surface area contributed by atoms with Crippen molar-refractivity contribution >= 4 is 45.2 Å². The van der Waals surface area contributed by atoms with Crippen LogP contribution in [0.3, 0.4) is 0 Å². The van der Waals surface area contributed by atoms with Gasteiger partial charge in [0.1, 0.15) is 0 Å². The van der Waals surface area contributed by atoms with Crippen molar-refractivity contribution in [3.8, 4) is 0 Å². The molecule has 8 heterocycles. The van der Waals surface area contributed by atoms with Crippen LogP contribution in [0.5, 0.6) is 0 Å². The summed E-state index contributed by atoms with van der Waals surface area (Å²) < 4.78 is 24.2. The number of fused-ring (bicyclic) bond motifs is 4. The lowest BCUT2D eigenvalue weighted by Crippen LogP contribution is -2.56. The van der Waals surface area contributed by atoms with Gasteiger partial charge in [0.05, 0.1) is 56.9 Å². The van der Waals surface area contributed by atoms with Crippen molar-refractivity contribution in [2.24, 2.45) is 0 Å². The van der Waals surface area contributed by atoms with Crippen LogP contribution in [0.2, 0.25) is 0 Å². The van der Waals surface area contributed by atoms with E-state index in [2.05, 4.69) is 139 Å². The topological polar surface area (TPSA) is 239 Å². The summed E-state index contributed by atoms with van der Waals surface area (Å²) in [5.74, 6) is -0.122. The smallest absolute Gasteiger partial charge is 0.242 e. The summed E-state index contributed by atoms with van der Waals surface area (Å²) in [5, 5.41) is 42.0. The molecule has 5 aromatic carbocycles. The molecule has 8 aliphatic heterocycles. The third-order valence-corrected chi connectivity index (χ3v) is 23.7. The van der Waals surface area contributed by atoms with Crippen molar-refractivity contribution in [2.75, 3.05) is 168 Å². The van der Waals surface area contributed by atoms with Gasteiger partial charge in [-0.05, 0) is 107 Å². The van der Waals surface area contributed by atoms with E-state index in [0.717, 1.165) is 116 Å². The highest BCUT2D eigenvalue weighted by atomic mass is 32.2. The second kappa shape index (κ2) is 38.1. The average Bonchev–Trinajstić information content (AvgIpc) is 0.846. The average molecular weight is 1460 g/mol. The first-order valence-corrected chi connectivity index (χ1v) is 40.3. The number of piperazine rings is 4. The lowest BCUT2D eigenvalue weighted by atomic mass is 9.94. The predicted molar refractivity (Wildman–Crippen MR) is 407 cm³/mol. The van der Waals surface area contributed by atoms with Gasteiger partial charge in [-0.3, -0.25) is 48.5 Å². The number of sulfonamides is 1. The van der Waals surface area contributed by atoms with Gasteiger partial charge in [0.25, 0.3) is 0 Å². The maximum atomic E-state index is 12.7. The molecule has 24 heteroatoms. The zero-order valence-electron chi connectivity index (χ0n) is 62.2. The molecular weight excluding hydrogens is 1350 g/mol. The normalized spacial score (nSPS) is 20.9. The number of hydrogen-bond acceptors (Lipinski definition) is 17. The molecule has 0 spiro atoms. The fraction of sp³-hybridized carbons (Fsp3) is 0.568. The van der Waals surface area contributed by atoms with E-state index in [1.54, 1.807) is 14.7 Å². The van der Waals surface area contributed by atoms with Crippen molar-refractivity contribution in [2.45, 2.75) is 135 Å². The van der Waals surface area contributed by atoms with E-state index in [0.29, 0.717) is 91.1 Å². The molecule has 9 aliphatic rings. The molecule has 4 atom stereocenters. The second-order valence-electron chi connectivity index (χ2n) is 30.2. The Hall–Kier alpha value is -7.20. The van der Waals surface area contributed by atoms with E-state index in [4.69, 9.17) is 0 Å². The van der Waals surface area contributed by atoms with Gasteiger partial charge >= 0.3 is 0 Å². The lowest BCUT2D eigenvalue weighted by molar-refractivity contribution is -0.145. The highest BCUT2D eigenvalue weighted by Crippen LogP contribution is 2.27. The van der Waals surface area contributed by atoms with Crippen LogP contribution in [0.15, 0.2) is 121 Å². The van der Waals surface area contributed by atoms with E-state index >= 15 is 0 Å². The quantitative estimate of drug-likeness (QED) is 0.0867. The van der Waals surface area contributed by atoms with E-state index in [1.807, 2.05) is 28.0 Å². The number of anilines is 1. The highest BCUT2D eigenvalue weighted by Gasteiger charge is 2.35. The zero-order valence-corrected chi connectivity index (χ0v) is 63.0. The molecule has 4 saturated heterocycles. The van der Waals surface area contributed by atoms with Crippen molar-refractivity contribution in [3.63, 3.8) is 0 Å². The van der Waals surface area contributed by atoms with Gasteiger partial charge in [-0.2, -0.15) is 4.31 Å². The Morgan fingerprint density at radius 2 is 0.752 bits per heavy atom. The van der Waals surface area contributed by atoms with Crippen LogP contribution < -0.4 is 4.90 Å². The van der Waals surface area contributed by atoms with E-state index in [-0.39, 0.29) is 55.7 Å². The van der Waals surface area contributed by atoms with Crippen LogP contribution in [0.4, 0.5) is 5.69 Å². The molecule has 0 aromatic heterocycles. The SMILES string of the molecule is CC(=O)N1CCN(CC(O)CN2CCc3ccccc3C2)C(=O)C1.CCc1ccc(N2CCN(CC(O)CN3CCc4ccccc4C3)C(=O)C2)cc1.CS(=O)(=O)N1CCN(CC(O)CN2CCc3ccccc3C2)C(=O)C1.O=C1CN(C2CCCCC2)CCN1CC(O)CN1CCc2ccccc2C1. The Morgan fingerprint density at radius 1 is 0.400 bits per heavy atom. The van der Waals surface area contributed by atoms with Crippen LogP contribution in [-0.4, -0.2) is 305 Å². The fourth-order valence-electron chi connectivity index (χ4n) is 16.4. The molecule has 1 aliphatic carbocycles. The van der Waals surface area contributed by atoms with Gasteiger partial charge in [0.2, 0.25) is 39.6 Å². The first-order valence-electron chi connectivity index (χ1n) is 38.4. The molecule has 5 fully saturated rings. The maximum Gasteiger partial charge on any atom is 0.242 e. The number of benzene rings is 5. The monoisotopic (exact) mass is 1460 g/mol. The molecule has 5 amide bonds. The van der Waals surface area contributed by atoms with E-state index < -0.39 is 34.4 Å².